The number of hydrogen-bond acceptors (Lipinski definition) is 5. The second kappa shape index (κ2) is 10.00. The zero-order valence-electron chi connectivity index (χ0n) is 19.5. The van der Waals surface area contributed by atoms with E-state index in [1.807, 2.05) is 17.0 Å². The fourth-order valence-corrected chi connectivity index (χ4v) is 5.50. The van der Waals surface area contributed by atoms with Crippen molar-refractivity contribution in [2.24, 2.45) is 0 Å². The van der Waals surface area contributed by atoms with Crippen LogP contribution in [-0.4, -0.2) is 33.5 Å². The van der Waals surface area contributed by atoms with Crippen LogP contribution in [0.25, 0.3) is 10.2 Å². The van der Waals surface area contributed by atoms with Crippen molar-refractivity contribution >= 4 is 27.5 Å². The number of halogens is 1. The van der Waals surface area contributed by atoms with Crippen molar-refractivity contribution in [3.05, 3.63) is 92.6 Å². The van der Waals surface area contributed by atoms with Gasteiger partial charge in [-0.3, -0.25) is 14.2 Å². The van der Waals surface area contributed by atoms with Crippen LogP contribution in [-0.2, 0) is 19.5 Å². The number of unbranched alkanes of at least 4 members (excludes halogenated alkanes) is 1. The topological polar surface area (TPSA) is 64.4 Å². The molecule has 0 radical (unpaired) electrons. The minimum absolute atomic E-state index is 0.0325. The Balaban J connectivity index is 1.34. The van der Waals surface area contributed by atoms with Crippen LogP contribution in [0.2, 0.25) is 0 Å². The average Bonchev–Trinajstić information content (AvgIpc) is 3.26. The van der Waals surface area contributed by atoms with Crippen molar-refractivity contribution in [3.8, 4) is 5.75 Å². The van der Waals surface area contributed by atoms with Gasteiger partial charge in [0.25, 0.3) is 11.5 Å². The van der Waals surface area contributed by atoms with Crippen LogP contribution >= 0.6 is 11.3 Å². The molecule has 0 spiro atoms. The van der Waals surface area contributed by atoms with E-state index in [1.54, 1.807) is 35.2 Å². The van der Waals surface area contributed by atoms with Crippen molar-refractivity contribution in [2.45, 2.75) is 39.3 Å². The molecule has 4 aromatic rings. The van der Waals surface area contributed by atoms with Gasteiger partial charge in [-0.2, -0.15) is 0 Å². The molecule has 2 aromatic carbocycles. The largest absolute Gasteiger partial charge is 0.494 e. The average molecular weight is 492 g/mol. The van der Waals surface area contributed by atoms with E-state index in [1.165, 1.54) is 23.5 Å². The number of fused-ring (bicyclic) bond motifs is 3. The molecule has 5 rings (SSSR count). The van der Waals surface area contributed by atoms with Crippen molar-refractivity contribution in [3.63, 3.8) is 0 Å². The molecule has 0 bridgehead atoms. The zero-order chi connectivity index (χ0) is 24.4. The number of ether oxygens (including phenoxy) is 1. The molecule has 0 aliphatic carbocycles. The van der Waals surface area contributed by atoms with Crippen LogP contribution in [0.5, 0.6) is 5.75 Å². The summed E-state index contributed by atoms with van der Waals surface area (Å²) >= 11 is 1.47. The normalized spacial score (nSPS) is 13.1. The van der Waals surface area contributed by atoms with E-state index in [2.05, 4.69) is 11.9 Å². The molecule has 0 N–H and O–H groups in total. The predicted octanol–water partition coefficient (Wildman–Crippen LogP) is 5.02. The molecule has 0 unspecified atom stereocenters. The highest BCUT2D eigenvalue weighted by Crippen LogP contribution is 2.33. The maximum atomic E-state index is 13.3. The van der Waals surface area contributed by atoms with Gasteiger partial charge in [0.1, 0.15) is 16.4 Å². The second-order valence-electron chi connectivity index (χ2n) is 8.69. The standard InChI is InChI=1S/C27H26FN3O3S/c1-2-3-14-34-21-10-6-19(7-11-21)26(32)30-13-12-22-23(16-30)35-25-24(22)27(33)31(17-29-25)15-18-4-8-20(28)9-5-18/h4-11,17H,2-3,12-16H2,1H3. The number of thiophene rings is 1. The number of rotatable bonds is 7. The van der Waals surface area contributed by atoms with Gasteiger partial charge < -0.3 is 9.64 Å². The fourth-order valence-electron chi connectivity index (χ4n) is 4.30. The Morgan fingerprint density at radius 3 is 2.66 bits per heavy atom. The summed E-state index contributed by atoms with van der Waals surface area (Å²) in [6, 6.07) is 13.4. The summed E-state index contributed by atoms with van der Waals surface area (Å²) in [6.07, 6.45) is 4.22. The molecule has 1 aliphatic rings. The van der Waals surface area contributed by atoms with E-state index in [4.69, 9.17) is 4.74 Å². The van der Waals surface area contributed by atoms with Crippen LogP contribution in [0.1, 0.15) is 46.1 Å². The minimum atomic E-state index is -0.308. The van der Waals surface area contributed by atoms with Gasteiger partial charge in [-0.05, 0) is 60.4 Å². The number of nitrogens with zero attached hydrogens (tertiary/aromatic N) is 3. The van der Waals surface area contributed by atoms with Gasteiger partial charge in [0, 0.05) is 17.0 Å². The quantitative estimate of drug-likeness (QED) is 0.341. The first-order valence-corrected chi connectivity index (χ1v) is 12.6. The smallest absolute Gasteiger partial charge is 0.262 e. The Bertz CT molecular complexity index is 1410. The Morgan fingerprint density at radius 2 is 1.91 bits per heavy atom. The second-order valence-corrected chi connectivity index (χ2v) is 9.77. The van der Waals surface area contributed by atoms with Gasteiger partial charge in [0.15, 0.2) is 0 Å². The molecule has 8 heteroatoms. The Morgan fingerprint density at radius 1 is 1.14 bits per heavy atom. The molecular formula is C27H26FN3O3S. The van der Waals surface area contributed by atoms with Gasteiger partial charge in [0.2, 0.25) is 0 Å². The summed E-state index contributed by atoms with van der Waals surface area (Å²) in [5.41, 5.74) is 2.34. The molecule has 1 aliphatic heterocycles. The van der Waals surface area contributed by atoms with Crippen molar-refractivity contribution < 1.29 is 13.9 Å². The lowest BCUT2D eigenvalue weighted by molar-refractivity contribution is 0.0737. The molecule has 0 fully saturated rings. The van der Waals surface area contributed by atoms with E-state index in [0.29, 0.717) is 48.4 Å². The van der Waals surface area contributed by atoms with Crippen LogP contribution in [0.4, 0.5) is 4.39 Å². The van der Waals surface area contributed by atoms with Crippen LogP contribution < -0.4 is 10.3 Å². The molecule has 1 amide bonds. The van der Waals surface area contributed by atoms with Gasteiger partial charge in [-0.1, -0.05) is 25.5 Å². The molecule has 0 atom stereocenters. The molecule has 0 saturated heterocycles. The van der Waals surface area contributed by atoms with Crippen LogP contribution in [0, 0.1) is 5.82 Å². The third-order valence-electron chi connectivity index (χ3n) is 6.25. The summed E-state index contributed by atoms with van der Waals surface area (Å²) in [6.45, 7) is 4.12. The molecule has 6 nitrogen and oxygen atoms in total. The maximum absolute atomic E-state index is 13.3. The van der Waals surface area contributed by atoms with E-state index < -0.39 is 0 Å². The van der Waals surface area contributed by atoms with Gasteiger partial charge in [-0.25, -0.2) is 9.37 Å². The number of benzene rings is 2. The summed E-state index contributed by atoms with van der Waals surface area (Å²) in [7, 11) is 0. The summed E-state index contributed by atoms with van der Waals surface area (Å²) in [4.78, 5) is 34.4. The van der Waals surface area contributed by atoms with E-state index in [9.17, 15) is 14.0 Å². The maximum Gasteiger partial charge on any atom is 0.262 e. The summed E-state index contributed by atoms with van der Waals surface area (Å²) in [5.74, 6) is 0.426. The lowest BCUT2D eigenvalue weighted by Gasteiger charge is -2.27. The van der Waals surface area contributed by atoms with Gasteiger partial charge in [-0.15, -0.1) is 11.3 Å². The third-order valence-corrected chi connectivity index (χ3v) is 7.37. The van der Waals surface area contributed by atoms with Crippen LogP contribution in [0.15, 0.2) is 59.7 Å². The lowest BCUT2D eigenvalue weighted by Crippen LogP contribution is -2.35. The van der Waals surface area contributed by atoms with Crippen LogP contribution in [0.3, 0.4) is 0 Å². The van der Waals surface area contributed by atoms with E-state index in [0.717, 1.165) is 34.6 Å². The zero-order valence-corrected chi connectivity index (χ0v) is 20.3. The molecule has 0 saturated carbocycles. The van der Waals surface area contributed by atoms with Crippen molar-refractivity contribution in [1.29, 1.82) is 0 Å². The monoisotopic (exact) mass is 491 g/mol. The first kappa shape index (κ1) is 23.2. The van der Waals surface area contributed by atoms with E-state index >= 15 is 0 Å². The molecule has 3 heterocycles. The molecule has 35 heavy (non-hydrogen) atoms. The first-order chi connectivity index (χ1) is 17.0. The Labute approximate surface area is 206 Å². The number of amides is 1. The number of hydrogen-bond donors (Lipinski definition) is 0. The van der Waals surface area contributed by atoms with E-state index in [-0.39, 0.29) is 17.3 Å². The Hall–Kier alpha value is -3.52. The lowest BCUT2D eigenvalue weighted by atomic mass is 10.0. The van der Waals surface area contributed by atoms with Gasteiger partial charge in [0.05, 0.1) is 31.4 Å². The highest BCUT2D eigenvalue weighted by molar-refractivity contribution is 7.18. The summed E-state index contributed by atoms with van der Waals surface area (Å²) < 4.78 is 20.5. The molecule has 180 valence electrons. The molecular weight excluding hydrogens is 465 g/mol. The SMILES string of the molecule is CCCCOc1ccc(C(=O)N2CCc3c(sc4ncn(Cc5ccc(F)cc5)c(=O)c34)C2)cc1. The van der Waals surface area contributed by atoms with Crippen molar-refractivity contribution in [1.82, 2.24) is 14.5 Å². The fraction of sp³-hybridized carbons (Fsp3) is 0.296. The highest BCUT2D eigenvalue weighted by atomic mass is 32.1. The number of carbonyl (C=O) groups is 1. The minimum Gasteiger partial charge on any atom is -0.494 e. The first-order valence-electron chi connectivity index (χ1n) is 11.8. The third kappa shape index (κ3) is 4.84. The molecule has 2 aromatic heterocycles. The number of aromatic nitrogens is 2. The number of carbonyl (C=O) groups excluding carboxylic acids is 1. The Kier molecular flexibility index (Phi) is 6.63. The van der Waals surface area contributed by atoms with Gasteiger partial charge >= 0.3 is 0 Å². The predicted molar refractivity (Wildman–Crippen MR) is 135 cm³/mol. The van der Waals surface area contributed by atoms with Crippen molar-refractivity contribution in [2.75, 3.05) is 13.2 Å². The summed E-state index contributed by atoms with van der Waals surface area (Å²) in [5, 5.41) is 0.635. The highest BCUT2D eigenvalue weighted by Gasteiger charge is 2.27.